The minimum absolute atomic E-state index is 0.555. The summed E-state index contributed by atoms with van der Waals surface area (Å²) in [5.74, 6) is 1.41. The zero-order valence-corrected chi connectivity index (χ0v) is 10.8. The predicted molar refractivity (Wildman–Crippen MR) is 66.2 cm³/mol. The van der Waals surface area contributed by atoms with Crippen LogP contribution in [0, 0.1) is 6.92 Å². The van der Waals surface area contributed by atoms with Crippen LogP contribution in [-0.4, -0.2) is 18.2 Å². The number of aromatic nitrogens is 1. The first kappa shape index (κ1) is 10.4. The Kier molecular flexibility index (Phi) is 2.53. The molecule has 6 heteroatoms. The second kappa shape index (κ2) is 3.91. The highest BCUT2D eigenvalue weighted by atomic mass is 35.5. The number of hydrogen-bond donors (Lipinski definition) is 0. The molecule has 0 saturated heterocycles. The van der Waals surface area contributed by atoms with Crippen molar-refractivity contribution in [3.8, 4) is 21.4 Å². The summed E-state index contributed by atoms with van der Waals surface area (Å²) in [6.45, 7) is 3.09. The van der Waals surface area contributed by atoms with Crippen LogP contribution in [0.3, 0.4) is 0 Å². The fourth-order valence-electron chi connectivity index (χ4n) is 1.51. The third-order valence-corrected chi connectivity index (χ3v) is 4.63. The Balaban J connectivity index is 2.14. The summed E-state index contributed by atoms with van der Waals surface area (Å²) in [5.41, 5.74) is 1.01. The summed E-state index contributed by atoms with van der Waals surface area (Å²) in [5, 5.41) is 2.95. The third-order valence-electron chi connectivity index (χ3n) is 2.17. The molecule has 16 heavy (non-hydrogen) atoms. The Bertz CT molecular complexity index is 535. The number of nitrogens with zero attached hydrogens (tertiary/aromatic N) is 1. The SMILES string of the molecule is Cc1csc(-c2sc(Cl)c3c2OCCO3)n1. The van der Waals surface area contributed by atoms with Gasteiger partial charge in [-0.25, -0.2) is 4.98 Å². The van der Waals surface area contributed by atoms with Crippen molar-refractivity contribution >= 4 is 34.3 Å². The highest BCUT2D eigenvalue weighted by molar-refractivity contribution is 7.24. The normalized spacial score (nSPS) is 14.1. The molecule has 0 N–H and O–H groups in total. The summed E-state index contributed by atoms with van der Waals surface area (Å²) in [6, 6.07) is 0. The highest BCUT2D eigenvalue weighted by Gasteiger charge is 2.25. The number of aryl methyl sites for hydroxylation is 1. The minimum Gasteiger partial charge on any atom is -0.484 e. The predicted octanol–water partition coefficient (Wildman–Crippen LogP) is 3.60. The summed E-state index contributed by atoms with van der Waals surface area (Å²) in [4.78, 5) is 5.41. The van der Waals surface area contributed by atoms with Crippen LogP contribution in [0.15, 0.2) is 5.38 Å². The standard InChI is InChI=1S/C10H8ClNO2S2/c1-5-4-15-10(12-5)8-6-7(9(11)16-8)14-3-2-13-6/h4H,2-3H2,1H3. The van der Waals surface area contributed by atoms with Gasteiger partial charge in [-0.05, 0) is 6.92 Å². The van der Waals surface area contributed by atoms with Crippen LogP contribution in [0.1, 0.15) is 5.69 Å². The Labute approximate surface area is 106 Å². The molecule has 2 aromatic heterocycles. The number of ether oxygens (including phenoxy) is 2. The van der Waals surface area contributed by atoms with Crippen LogP contribution < -0.4 is 9.47 Å². The van der Waals surface area contributed by atoms with Gasteiger partial charge in [-0.2, -0.15) is 0 Å². The van der Waals surface area contributed by atoms with E-state index >= 15 is 0 Å². The van der Waals surface area contributed by atoms with Crippen molar-refractivity contribution in [2.75, 3.05) is 13.2 Å². The lowest BCUT2D eigenvalue weighted by Crippen LogP contribution is -2.14. The third kappa shape index (κ3) is 1.59. The Hall–Kier alpha value is -0.780. The molecule has 0 bridgehead atoms. The van der Waals surface area contributed by atoms with Gasteiger partial charge >= 0.3 is 0 Å². The molecule has 84 valence electrons. The molecular weight excluding hydrogens is 266 g/mol. The minimum atomic E-state index is 0.555. The zero-order chi connectivity index (χ0) is 11.1. The van der Waals surface area contributed by atoms with E-state index < -0.39 is 0 Å². The number of fused-ring (bicyclic) bond motifs is 1. The van der Waals surface area contributed by atoms with Gasteiger partial charge in [0.1, 0.15) is 27.4 Å². The molecule has 0 aliphatic carbocycles. The summed E-state index contributed by atoms with van der Waals surface area (Å²) in [6.07, 6.45) is 0. The molecule has 1 aliphatic rings. The van der Waals surface area contributed by atoms with Gasteiger partial charge in [0.15, 0.2) is 11.5 Å². The summed E-state index contributed by atoms with van der Waals surface area (Å²) >= 11 is 9.16. The molecule has 0 radical (unpaired) electrons. The molecule has 3 nitrogen and oxygen atoms in total. The maximum atomic E-state index is 6.11. The van der Waals surface area contributed by atoms with Crippen LogP contribution in [-0.2, 0) is 0 Å². The number of thiophene rings is 1. The molecule has 0 spiro atoms. The molecular formula is C10H8ClNO2S2. The van der Waals surface area contributed by atoms with Crippen molar-refractivity contribution in [3.63, 3.8) is 0 Å². The van der Waals surface area contributed by atoms with Crippen molar-refractivity contribution in [2.24, 2.45) is 0 Å². The Morgan fingerprint density at radius 2 is 2.06 bits per heavy atom. The first-order chi connectivity index (χ1) is 7.75. The van der Waals surface area contributed by atoms with Crippen LogP contribution in [0.25, 0.3) is 9.88 Å². The molecule has 0 fully saturated rings. The summed E-state index contributed by atoms with van der Waals surface area (Å²) in [7, 11) is 0. The van der Waals surface area contributed by atoms with E-state index in [9.17, 15) is 0 Å². The number of rotatable bonds is 1. The maximum absolute atomic E-state index is 6.11. The number of hydrogen-bond acceptors (Lipinski definition) is 5. The molecule has 0 saturated carbocycles. The van der Waals surface area contributed by atoms with Gasteiger partial charge in [-0.15, -0.1) is 22.7 Å². The van der Waals surface area contributed by atoms with E-state index in [1.54, 1.807) is 11.3 Å². The lowest BCUT2D eigenvalue weighted by atomic mass is 10.4. The second-order valence-corrected chi connectivity index (χ2v) is 5.83. The van der Waals surface area contributed by atoms with E-state index in [0.29, 0.717) is 23.3 Å². The van der Waals surface area contributed by atoms with Crippen LogP contribution in [0.4, 0.5) is 0 Å². The fourth-order valence-corrected chi connectivity index (χ4v) is 3.69. The smallest absolute Gasteiger partial charge is 0.191 e. The monoisotopic (exact) mass is 273 g/mol. The first-order valence-electron chi connectivity index (χ1n) is 4.76. The molecule has 2 aromatic rings. The van der Waals surface area contributed by atoms with Crippen molar-refractivity contribution in [1.29, 1.82) is 0 Å². The van der Waals surface area contributed by atoms with Gasteiger partial charge in [0.05, 0.1) is 0 Å². The Morgan fingerprint density at radius 3 is 2.75 bits per heavy atom. The number of halogens is 1. The van der Waals surface area contributed by atoms with Crippen molar-refractivity contribution in [1.82, 2.24) is 4.98 Å². The fraction of sp³-hybridized carbons (Fsp3) is 0.300. The van der Waals surface area contributed by atoms with Gasteiger partial charge in [0.25, 0.3) is 0 Å². The highest BCUT2D eigenvalue weighted by Crippen LogP contribution is 2.52. The lowest BCUT2D eigenvalue weighted by Gasteiger charge is -2.15. The molecule has 0 aromatic carbocycles. The molecule has 0 atom stereocenters. The van der Waals surface area contributed by atoms with Crippen LogP contribution in [0.5, 0.6) is 11.5 Å². The molecule has 3 heterocycles. The first-order valence-corrected chi connectivity index (χ1v) is 6.83. The molecule has 0 unspecified atom stereocenters. The quantitative estimate of drug-likeness (QED) is 0.795. The molecule has 0 amide bonds. The van der Waals surface area contributed by atoms with E-state index in [0.717, 1.165) is 21.3 Å². The van der Waals surface area contributed by atoms with Crippen molar-refractivity contribution in [2.45, 2.75) is 6.92 Å². The molecule has 3 rings (SSSR count). The van der Waals surface area contributed by atoms with Gasteiger partial charge < -0.3 is 9.47 Å². The average molecular weight is 274 g/mol. The topological polar surface area (TPSA) is 31.4 Å². The summed E-state index contributed by atoms with van der Waals surface area (Å²) < 4.78 is 11.7. The van der Waals surface area contributed by atoms with Crippen LogP contribution in [0.2, 0.25) is 4.34 Å². The average Bonchev–Trinajstić information content (AvgIpc) is 2.84. The van der Waals surface area contributed by atoms with Gasteiger partial charge in [-0.1, -0.05) is 11.6 Å². The van der Waals surface area contributed by atoms with E-state index in [-0.39, 0.29) is 0 Å². The van der Waals surface area contributed by atoms with Crippen molar-refractivity contribution < 1.29 is 9.47 Å². The van der Waals surface area contributed by atoms with Crippen molar-refractivity contribution in [3.05, 3.63) is 15.4 Å². The lowest BCUT2D eigenvalue weighted by molar-refractivity contribution is 0.174. The largest absolute Gasteiger partial charge is 0.484 e. The van der Waals surface area contributed by atoms with E-state index in [1.807, 2.05) is 12.3 Å². The van der Waals surface area contributed by atoms with Gasteiger partial charge in [0, 0.05) is 11.1 Å². The zero-order valence-electron chi connectivity index (χ0n) is 8.45. The maximum Gasteiger partial charge on any atom is 0.191 e. The van der Waals surface area contributed by atoms with E-state index in [2.05, 4.69) is 4.98 Å². The number of thiazole rings is 1. The van der Waals surface area contributed by atoms with Gasteiger partial charge in [0.2, 0.25) is 0 Å². The van der Waals surface area contributed by atoms with E-state index in [4.69, 9.17) is 21.1 Å². The van der Waals surface area contributed by atoms with Crippen LogP contribution >= 0.6 is 34.3 Å². The Morgan fingerprint density at radius 1 is 1.31 bits per heavy atom. The second-order valence-electron chi connectivity index (χ2n) is 3.35. The van der Waals surface area contributed by atoms with E-state index in [1.165, 1.54) is 11.3 Å². The molecule has 1 aliphatic heterocycles. The van der Waals surface area contributed by atoms with Gasteiger partial charge in [-0.3, -0.25) is 0 Å².